The third-order valence-electron chi connectivity index (χ3n) is 3.26. The van der Waals surface area contributed by atoms with Gasteiger partial charge in [0.15, 0.2) is 11.5 Å². The summed E-state index contributed by atoms with van der Waals surface area (Å²) in [5, 5.41) is 0. The van der Waals surface area contributed by atoms with Crippen LogP contribution in [0.3, 0.4) is 0 Å². The van der Waals surface area contributed by atoms with Crippen LogP contribution in [0.15, 0.2) is 16.6 Å². The summed E-state index contributed by atoms with van der Waals surface area (Å²) >= 11 is 9.41. The standard InChI is InChI=1S/C15H20BrClO3/c1-3-18-14-7-11(8-17)6-13(16)15(14)19-9-12-5-4-10(2)20-12/h6-7,10,12H,3-5,8-9H2,1-2H3. The molecule has 3 nitrogen and oxygen atoms in total. The van der Waals surface area contributed by atoms with Crippen molar-refractivity contribution < 1.29 is 14.2 Å². The van der Waals surface area contributed by atoms with Gasteiger partial charge in [-0.15, -0.1) is 11.6 Å². The quantitative estimate of drug-likeness (QED) is 0.695. The Kier molecular flexibility index (Phi) is 6.00. The first-order valence-electron chi connectivity index (χ1n) is 6.93. The molecular weight excluding hydrogens is 344 g/mol. The Hall–Kier alpha value is -0.450. The minimum absolute atomic E-state index is 0.166. The smallest absolute Gasteiger partial charge is 0.175 e. The van der Waals surface area contributed by atoms with Crippen molar-refractivity contribution in [2.75, 3.05) is 13.2 Å². The van der Waals surface area contributed by atoms with Crippen molar-refractivity contribution in [3.8, 4) is 11.5 Å². The van der Waals surface area contributed by atoms with Gasteiger partial charge in [0.2, 0.25) is 0 Å². The lowest BCUT2D eigenvalue weighted by molar-refractivity contribution is 0.0256. The monoisotopic (exact) mass is 362 g/mol. The highest BCUT2D eigenvalue weighted by atomic mass is 79.9. The first kappa shape index (κ1) is 15.9. The number of ether oxygens (including phenoxy) is 3. The fourth-order valence-electron chi connectivity index (χ4n) is 2.29. The summed E-state index contributed by atoms with van der Waals surface area (Å²) in [7, 11) is 0. The summed E-state index contributed by atoms with van der Waals surface area (Å²) in [5.74, 6) is 1.90. The van der Waals surface area contributed by atoms with Crippen LogP contribution >= 0.6 is 27.5 Å². The van der Waals surface area contributed by atoms with Crippen molar-refractivity contribution in [1.29, 1.82) is 0 Å². The van der Waals surface area contributed by atoms with Gasteiger partial charge in [0.05, 0.1) is 23.3 Å². The molecule has 0 aromatic heterocycles. The molecule has 0 radical (unpaired) electrons. The fourth-order valence-corrected chi connectivity index (χ4v) is 3.04. The normalized spacial score (nSPS) is 22.0. The number of alkyl halides is 1. The van der Waals surface area contributed by atoms with E-state index in [4.69, 9.17) is 25.8 Å². The maximum atomic E-state index is 5.91. The maximum absolute atomic E-state index is 5.91. The molecule has 1 aliphatic rings. The molecule has 2 atom stereocenters. The summed E-state index contributed by atoms with van der Waals surface area (Å²) < 4.78 is 18.2. The largest absolute Gasteiger partial charge is 0.490 e. The molecule has 2 rings (SSSR count). The lowest BCUT2D eigenvalue weighted by atomic mass is 10.2. The van der Waals surface area contributed by atoms with Gasteiger partial charge in [0.25, 0.3) is 0 Å². The Morgan fingerprint density at radius 2 is 2.15 bits per heavy atom. The zero-order valence-electron chi connectivity index (χ0n) is 11.8. The molecule has 0 spiro atoms. The molecule has 0 bridgehead atoms. The summed E-state index contributed by atoms with van der Waals surface area (Å²) in [6, 6.07) is 3.89. The highest BCUT2D eigenvalue weighted by Gasteiger charge is 2.23. The van der Waals surface area contributed by atoms with Gasteiger partial charge in [0, 0.05) is 5.88 Å². The van der Waals surface area contributed by atoms with E-state index in [1.54, 1.807) is 0 Å². The number of rotatable bonds is 6. The molecule has 20 heavy (non-hydrogen) atoms. The highest BCUT2D eigenvalue weighted by molar-refractivity contribution is 9.10. The highest BCUT2D eigenvalue weighted by Crippen LogP contribution is 2.37. The van der Waals surface area contributed by atoms with Crippen molar-refractivity contribution in [1.82, 2.24) is 0 Å². The molecule has 1 aromatic rings. The van der Waals surface area contributed by atoms with Gasteiger partial charge in [-0.1, -0.05) is 0 Å². The average Bonchev–Trinajstić information content (AvgIpc) is 2.83. The first-order chi connectivity index (χ1) is 9.63. The summed E-state index contributed by atoms with van der Waals surface area (Å²) in [4.78, 5) is 0. The minimum atomic E-state index is 0.166. The van der Waals surface area contributed by atoms with Crippen molar-refractivity contribution in [2.45, 2.75) is 44.8 Å². The number of halogens is 2. The Morgan fingerprint density at radius 1 is 1.35 bits per heavy atom. The zero-order chi connectivity index (χ0) is 14.5. The van der Waals surface area contributed by atoms with Gasteiger partial charge in [-0.3, -0.25) is 0 Å². The zero-order valence-corrected chi connectivity index (χ0v) is 14.2. The van der Waals surface area contributed by atoms with Crippen LogP contribution in [0.2, 0.25) is 0 Å². The van der Waals surface area contributed by atoms with Crippen molar-refractivity contribution >= 4 is 27.5 Å². The van der Waals surface area contributed by atoms with Gasteiger partial charge in [-0.05, 0) is 60.3 Å². The Morgan fingerprint density at radius 3 is 2.75 bits per heavy atom. The van der Waals surface area contributed by atoms with E-state index >= 15 is 0 Å². The third kappa shape index (κ3) is 4.03. The lowest BCUT2D eigenvalue weighted by Crippen LogP contribution is -2.18. The Balaban J connectivity index is 2.08. The SMILES string of the molecule is CCOc1cc(CCl)cc(Br)c1OCC1CCC(C)O1. The molecule has 2 unspecified atom stereocenters. The van der Waals surface area contributed by atoms with Crippen molar-refractivity contribution in [3.63, 3.8) is 0 Å². The van der Waals surface area contributed by atoms with E-state index < -0.39 is 0 Å². The van der Waals surface area contributed by atoms with Gasteiger partial charge in [-0.25, -0.2) is 0 Å². The van der Waals surface area contributed by atoms with E-state index in [0.717, 1.165) is 34.4 Å². The van der Waals surface area contributed by atoms with E-state index in [9.17, 15) is 0 Å². The molecule has 0 N–H and O–H groups in total. The van der Waals surface area contributed by atoms with Gasteiger partial charge < -0.3 is 14.2 Å². The summed E-state index contributed by atoms with van der Waals surface area (Å²) in [6.07, 6.45) is 2.64. The number of hydrogen-bond acceptors (Lipinski definition) is 3. The maximum Gasteiger partial charge on any atom is 0.175 e. The van der Waals surface area contributed by atoms with Gasteiger partial charge in [0.1, 0.15) is 6.61 Å². The second kappa shape index (κ2) is 7.53. The van der Waals surface area contributed by atoms with Crippen LogP contribution in [-0.2, 0) is 10.6 Å². The minimum Gasteiger partial charge on any atom is -0.490 e. The van der Waals surface area contributed by atoms with Crippen LogP contribution in [-0.4, -0.2) is 25.4 Å². The molecule has 0 amide bonds. The average molecular weight is 364 g/mol. The molecule has 1 aromatic carbocycles. The predicted molar refractivity (Wildman–Crippen MR) is 83.9 cm³/mol. The first-order valence-corrected chi connectivity index (χ1v) is 8.26. The topological polar surface area (TPSA) is 27.7 Å². The predicted octanol–water partition coefficient (Wildman–Crippen LogP) is 4.53. The van der Waals surface area contributed by atoms with Gasteiger partial charge >= 0.3 is 0 Å². The summed E-state index contributed by atoms with van der Waals surface area (Å²) in [6.45, 7) is 5.18. The van der Waals surface area contributed by atoms with E-state index in [1.807, 2.05) is 19.1 Å². The van der Waals surface area contributed by atoms with Crippen LogP contribution < -0.4 is 9.47 Å². The molecule has 0 aliphatic carbocycles. The summed E-state index contributed by atoms with van der Waals surface area (Å²) in [5.41, 5.74) is 1.00. The lowest BCUT2D eigenvalue weighted by Gasteiger charge is -2.17. The molecule has 112 valence electrons. The van der Waals surface area contributed by atoms with Crippen LogP contribution in [0.4, 0.5) is 0 Å². The van der Waals surface area contributed by atoms with E-state index in [2.05, 4.69) is 22.9 Å². The number of hydrogen-bond donors (Lipinski definition) is 0. The second-order valence-corrected chi connectivity index (χ2v) is 6.05. The second-order valence-electron chi connectivity index (χ2n) is 4.93. The number of benzene rings is 1. The molecule has 1 aliphatic heterocycles. The van der Waals surface area contributed by atoms with E-state index in [1.165, 1.54) is 0 Å². The third-order valence-corrected chi connectivity index (χ3v) is 4.15. The van der Waals surface area contributed by atoms with E-state index in [0.29, 0.717) is 25.2 Å². The van der Waals surface area contributed by atoms with Crippen LogP contribution in [0.1, 0.15) is 32.3 Å². The Labute approximate surface area is 133 Å². The van der Waals surface area contributed by atoms with E-state index in [-0.39, 0.29) is 6.10 Å². The van der Waals surface area contributed by atoms with Gasteiger partial charge in [-0.2, -0.15) is 0 Å². The van der Waals surface area contributed by atoms with Crippen LogP contribution in [0.5, 0.6) is 11.5 Å². The van der Waals surface area contributed by atoms with Crippen LogP contribution in [0, 0.1) is 0 Å². The Bertz CT molecular complexity index is 453. The van der Waals surface area contributed by atoms with Crippen LogP contribution in [0.25, 0.3) is 0 Å². The molecule has 1 saturated heterocycles. The molecule has 5 heteroatoms. The molecular formula is C15H20BrClO3. The molecule has 1 fully saturated rings. The fraction of sp³-hybridized carbons (Fsp3) is 0.600. The molecule has 1 heterocycles. The van der Waals surface area contributed by atoms with Crippen molar-refractivity contribution in [2.24, 2.45) is 0 Å². The molecule has 0 saturated carbocycles. The van der Waals surface area contributed by atoms with Crippen molar-refractivity contribution in [3.05, 3.63) is 22.2 Å².